The number of nitrogens with zero attached hydrogens (tertiary/aromatic N) is 2. The molecular formula is C16H16N2O7S2. The van der Waals surface area contributed by atoms with Crippen LogP contribution in [-0.4, -0.2) is 33.3 Å². The largest absolute Gasteiger partial charge is 0.395 e. The molecule has 0 heterocycles. The lowest BCUT2D eigenvalue weighted by Gasteiger charge is -2.16. The highest BCUT2D eigenvalue weighted by Crippen LogP contribution is 2.38. The van der Waals surface area contributed by atoms with Gasteiger partial charge in [-0.15, -0.1) is 0 Å². The number of nitro benzene ring substituents is 2. The van der Waals surface area contributed by atoms with Crippen LogP contribution in [-0.2, 0) is 3.63 Å². The average molecular weight is 412 g/mol. The zero-order valence-corrected chi connectivity index (χ0v) is 15.5. The highest BCUT2D eigenvalue weighted by molar-refractivity contribution is 8.08. The fourth-order valence-electron chi connectivity index (χ4n) is 2.12. The SMILES string of the molecule is O=[N+]([O-])c1ccc(C(CO)SOSC(CO)c2ccc([N+](=O)[O-])cc2)cc1. The lowest BCUT2D eigenvalue weighted by Crippen LogP contribution is -2.02. The van der Waals surface area contributed by atoms with E-state index in [-0.39, 0.29) is 24.6 Å². The van der Waals surface area contributed by atoms with Crippen LogP contribution in [0.3, 0.4) is 0 Å². The molecule has 0 aromatic heterocycles. The van der Waals surface area contributed by atoms with Gasteiger partial charge in [0.1, 0.15) is 0 Å². The standard InChI is InChI=1S/C16H16N2O7S2/c19-9-15(11-1-5-13(6-2-11)17(21)22)26-25-27-16(10-20)12-3-7-14(8-4-12)18(23)24/h1-8,15-16,19-20H,9-10H2. The van der Waals surface area contributed by atoms with Crippen LogP contribution in [0.25, 0.3) is 0 Å². The summed E-state index contributed by atoms with van der Waals surface area (Å²) in [4.78, 5) is 20.4. The summed E-state index contributed by atoms with van der Waals surface area (Å²) in [5, 5.41) is 39.5. The summed E-state index contributed by atoms with van der Waals surface area (Å²) < 4.78 is 5.45. The van der Waals surface area contributed by atoms with E-state index in [0.29, 0.717) is 11.1 Å². The van der Waals surface area contributed by atoms with E-state index in [1.54, 1.807) is 24.3 Å². The quantitative estimate of drug-likeness (QED) is 0.341. The monoisotopic (exact) mass is 412 g/mol. The minimum absolute atomic E-state index is 0.0470. The van der Waals surface area contributed by atoms with Crippen molar-refractivity contribution in [3.8, 4) is 0 Å². The van der Waals surface area contributed by atoms with Crippen molar-refractivity contribution >= 4 is 35.5 Å². The van der Waals surface area contributed by atoms with Crippen molar-refractivity contribution in [1.29, 1.82) is 0 Å². The first-order chi connectivity index (χ1) is 13.0. The molecule has 2 N–H and O–H groups in total. The molecule has 2 rings (SSSR count). The summed E-state index contributed by atoms with van der Waals surface area (Å²) >= 11 is 1.92. The van der Waals surface area contributed by atoms with Gasteiger partial charge in [-0.3, -0.25) is 20.2 Å². The molecule has 144 valence electrons. The van der Waals surface area contributed by atoms with Gasteiger partial charge < -0.3 is 10.2 Å². The van der Waals surface area contributed by atoms with E-state index in [2.05, 4.69) is 0 Å². The van der Waals surface area contributed by atoms with Crippen molar-refractivity contribution in [3.05, 3.63) is 79.9 Å². The number of nitro groups is 2. The van der Waals surface area contributed by atoms with Crippen LogP contribution < -0.4 is 0 Å². The second kappa shape index (κ2) is 10.2. The molecule has 0 bridgehead atoms. The van der Waals surface area contributed by atoms with Gasteiger partial charge in [0.25, 0.3) is 11.4 Å². The van der Waals surface area contributed by atoms with Crippen molar-refractivity contribution in [1.82, 2.24) is 0 Å². The van der Waals surface area contributed by atoms with Gasteiger partial charge in [0.15, 0.2) is 0 Å². The number of aliphatic hydroxyl groups excluding tert-OH is 2. The summed E-state index contributed by atoms with van der Waals surface area (Å²) in [6.45, 7) is -0.491. The average Bonchev–Trinajstić information content (AvgIpc) is 2.68. The van der Waals surface area contributed by atoms with Crippen molar-refractivity contribution in [2.24, 2.45) is 0 Å². The van der Waals surface area contributed by atoms with Gasteiger partial charge >= 0.3 is 0 Å². The summed E-state index contributed by atoms with van der Waals surface area (Å²) in [6.07, 6.45) is 0. The lowest BCUT2D eigenvalue weighted by atomic mass is 10.1. The first kappa shape index (κ1) is 21.1. The molecule has 9 nitrogen and oxygen atoms in total. The van der Waals surface area contributed by atoms with Gasteiger partial charge in [0.05, 0.1) is 33.6 Å². The zero-order chi connectivity index (χ0) is 19.8. The predicted molar refractivity (Wildman–Crippen MR) is 102 cm³/mol. The molecule has 0 fully saturated rings. The van der Waals surface area contributed by atoms with Crippen LogP contribution in [0.5, 0.6) is 0 Å². The Morgan fingerprint density at radius 1 is 0.778 bits per heavy atom. The smallest absolute Gasteiger partial charge is 0.269 e. The first-order valence-corrected chi connectivity index (χ1v) is 9.26. The van der Waals surface area contributed by atoms with Crippen molar-refractivity contribution < 1.29 is 23.7 Å². The summed E-state index contributed by atoms with van der Waals surface area (Å²) in [7, 11) is 0. The number of aliphatic hydroxyl groups is 2. The Morgan fingerprint density at radius 3 is 1.37 bits per heavy atom. The van der Waals surface area contributed by atoms with Gasteiger partial charge in [-0.1, -0.05) is 24.3 Å². The van der Waals surface area contributed by atoms with E-state index in [4.69, 9.17) is 3.63 Å². The maximum atomic E-state index is 10.7. The molecule has 0 saturated heterocycles. The minimum Gasteiger partial charge on any atom is -0.395 e. The van der Waals surface area contributed by atoms with E-state index >= 15 is 0 Å². The molecule has 0 saturated carbocycles. The van der Waals surface area contributed by atoms with Gasteiger partial charge in [0, 0.05) is 48.4 Å². The Balaban J connectivity index is 1.94. The Bertz CT molecular complexity index is 706. The van der Waals surface area contributed by atoms with Crippen LogP contribution in [0.15, 0.2) is 48.5 Å². The number of hydrogen-bond donors (Lipinski definition) is 2. The third-order valence-corrected chi connectivity index (χ3v) is 5.53. The van der Waals surface area contributed by atoms with Crippen molar-refractivity contribution in [2.75, 3.05) is 13.2 Å². The molecule has 2 aromatic rings. The second-order valence-electron chi connectivity index (χ2n) is 5.30. The van der Waals surface area contributed by atoms with E-state index in [1.807, 2.05) is 0 Å². The maximum absolute atomic E-state index is 10.7. The van der Waals surface area contributed by atoms with Crippen LogP contribution in [0.1, 0.15) is 21.6 Å². The molecule has 0 aliphatic carbocycles. The Labute approximate surface area is 163 Å². The van der Waals surface area contributed by atoms with Crippen LogP contribution in [0, 0.1) is 20.2 Å². The molecular weight excluding hydrogens is 396 g/mol. The van der Waals surface area contributed by atoms with E-state index in [0.717, 1.165) is 24.1 Å². The van der Waals surface area contributed by atoms with Gasteiger partial charge in [-0.2, -0.15) is 0 Å². The van der Waals surface area contributed by atoms with E-state index in [9.17, 15) is 30.4 Å². The van der Waals surface area contributed by atoms with Crippen LogP contribution >= 0.6 is 24.1 Å². The minimum atomic E-state index is -0.507. The van der Waals surface area contributed by atoms with Crippen molar-refractivity contribution in [3.63, 3.8) is 0 Å². The molecule has 0 aliphatic heterocycles. The third-order valence-electron chi connectivity index (χ3n) is 3.59. The van der Waals surface area contributed by atoms with E-state index in [1.165, 1.54) is 24.3 Å². The van der Waals surface area contributed by atoms with Crippen LogP contribution in [0.2, 0.25) is 0 Å². The molecule has 27 heavy (non-hydrogen) atoms. The molecule has 0 amide bonds. The molecule has 2 unspecified atom stereocenters. The predicted octanol–water partition coefficient (Wildman–Crippen LogP) is 3.58. The zero-order valence-electron chi connectivity index (χ0n) is 13.8. The van der Waals surface area contributed by atoms with E-state index < -0.39 is 20.3 Å². The normalized spacial score (nSPS) is 13.1. The molecule has 0 spiro atoms. The number of benzene rings is 2. The molecule has 2 aromatic carbocycles. The Kier molecular flexibility index (Phi) is 8.00. The van der Waals surface area contributed by atoms with Gasteiger partial charge in [-0.25, -0.2) is 3.63 Å². The second-order valence-corrected chi connectivity index (χ2v) is 7.37. The van der Waals surface area contributed by atoms with Gasteiger partial charge in [-0.05, 0) is 11.1 Å². The first-order valence-electron chi connectivity index (χ1n) is 7.65. The Hall–Kier alpha value is -2.18. The van der Waals surface area contributed by atoms with Gasteiger partial charge in [0.2, 0.25) is 0 Å². The number of rotatable bonds is 10. The molecule has 2 atom stereocenters. The lowest BCUT2D eigenvalue weighted by molar-refractivity contribution is -0.385. The van der Waals surface area contributed by atoms with Crippen molar-refractivity contribution in [2.45, 2.75) is 10.5 Å². The topological polar surface area (TPSA) is 136 Å². The molecule has 0 radical (unpaired) electrons. The van der Waals surface area contributed by atoms with Crippen LogP contribution in [0.4, 0.5) is 11.4 Å². The summed E-state index contributed by atoms with van der Waals surface area (Å²) in [5.74, 6) is 0. The summed E-state index contributed by atoms with van der Waals surface area (Å²) in [5.41, 5.74) is 1.22. The highest BCUT2D eigenvalue weighted by atomic mass is 32.2. The fraction of sp³-hybridized carbons (Fsp3) is 0.250. The summed E-state index contributed by atoms with van der Waals surface area (Å²) in [6, 6.07) is 11.6. The third kappa shape index (κ3) is 5.91. The number of non-ortho nitro benzene ring substituents is 2. The fourth-order valence-corrected chi connectivity index (χ4v) is 3.72. The highest BCUT2D eigenvalue weighted by Gasteiger charge is 2.18. The Morgan fingerprint density at radius 2 is 1.11 bits per heavy atom. The molecule has 0 aliphatic rings. The molecule has 11 heteroatoms. The maximum Gasteiger partial charge on any atom is 0.269 e. The number of hydrogen-bond acceptors (Lipinski definition) is 9.